The molecule has 0 saturated carbocycles. The minimum absolute atomic E-state index is 0.161. The van der Waals surface area contributed by atoms with Gasteiger partial charge in [0, 0.05) is 12.8 Å². The zero-order valence-electron chi connectivity index (χ0n) is 34.5. The summed E-state index contributed by atoms with van der Waals surface area (Å²) in [4.78, 5) is 35.0. The highest BCUT2D eigenvalue weighted by molar-refractivity contribution is 7.47. The van der Waals surface area contributed by atoms with Crippen LogP contribution in [-0.4, -0.2) is 77.9 Å². The number of ether oxygens (including phenoxy) is 3. The first-order valence-corrected chi connectivity index (χ1v) is 23.0. The lowest BCUT2D eigenvalue weighted by atomic mass is 9.99. The lowest BCUT2D eigenvalue weighted by Gasteiger charge is -2.20. The number of allylic oxidation sites excluding steroid dienone is 4. The van der Waals surface area contributed by atoms with Gasteiger partial charge in [0.2, 0.25) is 0 Å². The summed E-state index contributed by atoms with van der Waals surface area (Å²) in [6.45, 7) is 4.61. The molecule has 0 aromatic carbocycles. The Morgan fingerprint density at radius 2 is 1.27 bits per heavy atom. The predicted molar refractivity (Wildman–Crippen MR) is 218 cm³/mol. The average Bonchev–Trinajstić information content (AvgIpc) is 3.93. The molecule has 0 amide bonds. The normalized spacial score (nSPS) is 18.5. The number of carbonyl (C=O) groups is 2. The number of phosphoric acid groups is 1. The minimum Gasteiger partial charge on any atom is -0.462 e. The molecule has 1 saturated heterocycles. The van der Waals surface area contributed by atoms with Crippen molar-refractivity contribution in [3.8, 4) is 0 Å². The number of hydrogen-bond acceptors (Lipinski definition) is 10. The number of esters is 2. The van der Waals surface area contributed by atoms with E-state index in [-0.39, 0.29) is 19.4 Å². The van der Waals surface area contributed by atoms with Crippen LogP contribution in [0.2, 0.25) is 0 Å². The summed E-state index contributed by atoms with van der Waals surface area (Å²) in [7, 11) is -4.63. The van der Waals surface area contributed by atoms with Gasteiger partial charge in [-0.05, 0) is 57.3 Å². The van der Waals surface area contributed by atoms with Crippen LogP contribution >= 0.6 is 7.82 Å². The monoisotopic (exact) mass is 801 g/mol. The number of unbranched alkanes of at least 4 members (excludes halogenated alkanes) is 13. The number of phosphoric ester groups is 1. The third kappa shape index (κ3) is 31.9. The Balaban J connectivity index is 2.30. The molecular formula is C43H77O11P. The van der Waals surface area contributed by atoms with E-state index in [0.717, 1.165) is 50.9 Å². The molecule has 0 aromatic heterocycles. The zero-order chi connectivity index (χ0) is 40.4. The Labute approximate surface area is 333 Å². The molecule has 3 N–H and O–H groups in total. The molecule has 11 nitrogen and oxygen atoms in total. The van der Waals surface area contributed by atoms with Gasteiger partial charge in [0.1, 0.15) is 12.7 Å². The highest BCUT2D eigenvalue weighted by atomic mass is 31.2. The maximum Gasteiger partial charge on any atom is 0.472 e. The molecule has 320 valence electrons. The highest BCUT2D eigenvalue weighted by Gasteiger charge is 2.36. The van der Waals surface area contributed by atoms with E-state index in [1.807, 2.05) is 6.08 Å². The van der Waals surface area contributed by atoms with Crippen LogP contribution in [0.1, 0.15) is 168 Å². The number of aliphatic hydroxyl groups excluding tert-OH is 2. The lowest BCUT2D eigenvalue weighted by Crippen LogP contribution is -2.29. The average molecular weight is 801 g/mol. The van der Waals surface area contributed by atoms with Crippen LogP contribution in [0.25, 0.3) is 0 Å². The van der Waals surface area contributed by atoms with Crippen molar-refractivity contribution < 1.29 is 52.5 Å². The van der Waals surface area contributed by atoms with E-state index in [2.05, 4.69) is 55.7 Å². The van der Waals surface area contributed by atoms with Crippen LogP contribution in [0, 0.1) is 5.92 Å². The largest absolute Gasteiger partial charge is 0.472 e. The van der Waals surface area contributed by atoms with E-state index in [1.165, 1.54) is 70.6 Å². The maximum absolute atomic E-state index is 12.6. The molecule has 12 heteroatoms. The number of rotatable bonds is 38. The topological polar surface area (TPSA) is 161 Å². The van der Waals surface area contributed by atoms with Crippen molar-refractivity contribution >= 4 is 19.8 Å². The summed E-state index contributed by atoms with van der Waals surface area (Å²) in [5, 5.41) is 18.3. The van der Waals surface area contributed by atoms with Gasteiger partial charge in [0.25, 0.3) is 0 Å². The molecule has 1 aliphatic rings. The molecule has 1 fully saturated rings. The number of carbonyl (C=O) groups excluding carboxylic acids is 2. The molecule has 1 aliphatic heterocycles. The first-order valence-electron chi connectivity index (χ1n) is 21.5. The predicted octanol–water partition coefficient (Wildman–Crippen LogP) is 10.0. The van der Waals surface area contributed by atoms with Crippen LogP contribution in [0.4, 0.5) is 0 Å². The van der Waals surface area contributed by atoms with Crippen molar-refractivity contribution in [3.05, 3.63) is 36.5 Å². The van der Waals surface area contributed by atoms with E-state index in [1.54, 1.807) is 0 Å². The van der Waals surface area contributed by atoms with E-state index in [4.69, 9.17) is 23.8 Å². The van der Waals surface area contributed by atoms with Crippen molar-refractivity contribution in [2.75, 3.05) is 26.4 Å². The van der Waals surface area contributed by atoms with Gasteiger partial charge in [-0.3, -0.25) is 18.6 Å². The standard InChI is InChI=1S/C43H77O11P/c1-4-6-7-8-19-24-29-40-41(54-40)30-25-20-15-13-17-21-26-31-42(46)50-35-39(36-52-55(48,49)51-34-38(45)33-44)53-43(47)32-27-22-16-12-10-9-11-14-18-23-28-37(3)5-2/h13,17,19-20,24-25,37-41,44-45H,4-12,14-16,18,21-23,26-36H2,1-3H3,(H,48,49)/b17-13-,24-19-,25-20-/t37?,38-,39+,40?,41?/m0/s1. The van der Waals surface area contributed by atoms with Crippen molar-refractivity contribution in [2.45, 2.75) is 193 Å². The second-order valence-corrected chi connectivity index (χ2v) is 16.5. The first-order chi connectivity index (χ1) is 26.6. The fourth-order valence-electron chi connectivity index (χ4n) is 5.88. The van der Waals surface area contributed by atoms with Crippen molar-refractivity contribution in [2.24, 2.45) is 5.92 Å². The molecule has 55 heavy (non-hydrogen) atoms. The van der Waals surface area contributed by atoms with Crippen LogP contribution in [0.5, 0.6) is 0 Å². The van der Waals surface area contributed by atoms with E-state index in [0.29, 0.717) is 31.5 Å². The maximum atomic E-state index is 12.6. The molecule has 1 heterocycles. The van der Waals surface area contributed by atoms with Gasteiger partial charge in [0.15, 0.2) is 6.10 Å². The first kappa shape index (κ1) is 51.2. The molecule has 0 bridgehead atoms. The van der Waals surface area contributed by atoms with Gasteiger partial charge >= 0.3 is 19.8 Å². The quantitative estimate of drug-likeness (QED) is 0.0179. The minimum atomic E-state index is -4.63. The van der Waals surface area contributed by atoms with Crippen molar-refractivity contribution in [3.63, 3.8) is 0 Å². The molecule has 0 spiro atoms. The van der Waals surface area contributed by atoms with Gasteiger partial charge in [-0.25, -0.2) is 4.57 Å². The van der Waals surface area contributed by atoms with Gasteiger partial charge in [-0.15, -0.1) is 0 Å². The molecule has 1 rings (SSSR count). The van der Waals surface area contributed by atoms with Gasteiger partial charge in [0.05, 0.1) is 32.0 Å². The summed E-state index contributed by atoms with van der Waals surface area (Å²) in [5.74, 6) is -0.164. The van der Waals surface area contributed by atoms with Crippen LogP contribution < -0.4 is 0 Å². The lowest BCUT2D eigenvalue weighted by molar-refractivity contribution is -0.161. The van der Waals surface area contributed by atoms with E-state index >= 15 is 0 Å². The second kappa shape index (κ2) is 34.2. The SMILES string of the molecule is CCCCC/C=C\CC1OC1C/C=C\C/C=C\CCCC(=O)OC[C@H](COP(=O)(O)OC[C@@H](O)CO)OC(=O)CCCCCCCCCCCCC(C)CC. The zero-order valence-corrected chi connectivity index (χ0v) is 35.4. The third-order valence-corrected chi connectivity index (χ3v) is 10.7. The number of aliphatic hydroxyl groups is 2. The highest BCUT2D eigenvalue weighted by Crippen LogP contribution is 2.43. The fraction of sp³-hybridized carbons (Fsp3) is 0.814. The molecule has 0 aromatic rings. The fourth-order valence-corrected chi connectivity index (χ4v) is 6.67. The van der Waals surface area contributed by atoms with Crippen molar-refractivity contribution in [1.82, 2.24) is 0 Å². The molecule has 6 atom stereocenters. The molecule has 0 aliphatic carbocycles. The Bertz CT molecular complexity index is 1090. The van der Waals surface area contributed by atoms with Gasteiger partial charge in [-0.1, -0.05) is 141 Å². The summed E-state index contributed by atoms with van der Waals surface area (Å²) in [5.41, 5.74) is 0. The smallest absolute Gasteiger partial charge is 0.462 e. The Morgan fingerprint density at radius 3 is 1.93 bits per heavy atom. The number of hydrogen-bond donors (Lipinski definition) is 3. The summed E-state index contributed by atoms with van der Waals surface area (Å²) >= 11 is 0. The molecular weight excluding hydrogens is 723 g/mol. The van der Waals surface area contributed by atoms with Crippen LogP contribution in [0.3, 0.4) is 0 Å². The van der Waals surface area contributed by atoms with E-state index in [9.17, 15) is 24.2 Å². The summed E-state index contributed by atoms with van der Waals surface area (Å²) in [6, 6.07) is 0. The van der Waals surface area contributed by atoms with Gasteiger partial charge < -0.3 is 29.3 Å². The van der Waals surface area contributed by atoms with E-state index < -0.39 is 51.8 Å². The Hall–Kier alpha value is -1.85. The second-order valence-electron chi connectivity index (χ2n) is 15.0. The van der Waals surface area contributed by atoms with Gasteiger partial charge in [-0.2, -0.15) is 0 Å². The summed E-state index contributed by atoms with van der Waals surface area (Å²) in [6.07, 6.45) is 34.3. The Morgan fingerprint density at radius 1 is 0.709 bits per heavy atom. The number of epoxide rings is 1. The van der Waals surface area contributed by atoms with Crippen molar-refractivity contribution in [1.29, 1.82) is 0 Å². The van der Waals surface area contributed by atoms with Crippen LogP contribution in [-0.2, 0) is 37.4 Å². The molecule has 0 radical (unpaired) electrons. The summed E-state index contributed by atoms with van der Waals surface area (Å²) < 4.78 is 38.4. The van der Waals surface area contributed by atoms with Crippen LogP contribution in [0.15, 0.2) is 36.5 Å². The Kier molecular flexibility index (Phi) is 31.8. The third-order valence-electron chi connectivity index (χ3n) is 9.74. The molecule has 4 unspecified atom stereocenters.